The van der Waals surface area contributed by atoms with E-state index in [1.165, 1.54) is 80.6 Å². The van der Waals surface area contributed by atoms with Crippen molar-refractivity contribution < 1.29 is 4.74 Å². The summed E-state index contributed by atoms with van der Waals surface area (Å²) in [5.74, 6) is 1.83. The van der Waals surface area contributed by atoms with E-state index in [2.05, 4.69) is 168 Å². The zero-order valence-electron chi connectivity index (χ0n) is 26.4. The average molecular weight is 642 g/mol. The summed E-state index contributed by atoms with van der Waals surface area (Å²) in [6, 6.07) is 59.5. The van der Waals surface area contributed by atoms with Crippen molar-refractivity contribution in [3.63, 3.8) is 0 Å². The molecule has 49 heavy (non-hydrogen) atoms. The van der Waals surface area contributed by atoms with Crippen LogP contribution in [-0.4, -0.2) is 4.57 Å². The van der Waals surface area contributed by atoms with Gasteiger partial charge < -0.3 is 9.30 Å². The molecule has 0 bridgehead atoms. The van der Waals surface area contributed by atoms with Crippen LogP contribution in [0.3, 0.4) is 0 Å². The van der Waals surface area contributed by atoms with E-state index in [9.17, 15) is 0 Å². The zero-order chi connectivity index (χ0) is 32.1. The van der Waals surface area contributed by atoms with Gasteiger partial charge >= 0.3 is 0 Å². The van der Waals surface area contributed by atoms with Gasteiger partial charge in [-0.2, -0.15) is 0 Å². The van der Waals surface area contributed by atoms with Crippen LogP contribution >= 0.6 is 11.3 Å². The Labute approximate surface area is 286 Å². The Hall–Kier alpha value is -6.16. The summed E-state index contributed by atoms with van der Waals surface area (Å²) in [7, 11) is 0. The van der Waals surface area contributed by atoms with E-state index in [1.54, 1.807) is 0 Å². The van der Waals surface area contributed by atoms with Gasteiger partial charge in [-0.3, -0.25) is 0 Å². The molecule has 1 aliphatic heterocycles. The van der Waals surface area contributed by atoms with E-state index in [0.717, 1.165) is 22.7 Å². The first kappa shape index (κ1) is 26.9. The van der Waals surface area contributed by atoms with Gasteiger partial charge in [0.1, 0.15) is 11.5 Å². The topological polar surface area (TPSA) is 14.2 Å². The third kappa shape index (κ3) is 3.94. The van der Waals surface area contributed by atoms with Crippen LogP contribution < -0.4 is 4.74 Å². The molecule has 0 amide bonds. The minimum atomic E-state index is 0.902. The normalized spacial score (nSPS) is 12.2. The number of hydrogen-bond acceptors (Lipinski definition) is 2. The Balaban J connectivity index is 1.03. The van der Waals surface area contributed by atoms with Crippen LogP contribution in [0.1, 0.15) is 0 Å². The van der Waals surface area contributed by atoms with Crippen LogP contribution in [0, 0.1) is 0 Å². The fourth-order valence-corrected chi connectivity index (χ4v) is 9.18. The van der Waals surface area contributed by atoms with Gasteiger partial charge in [-0.15, -0.1) is 11.3 Å². The van der Waals surface area contributed by atoms with Crippen LogP contribution in [0.2, 0.25) is 0 Å². The molecule has 0 fully saturated rings. The summed E-state index contributed by atoms with van der Waals surface area (Å²) in [4.78, 5) is 0. The number of hydrogen-bond donors (Lipinski definition) is 0. The lowest BCUT2D eigenvalue weighted by Crippen LogP contribution is -1.97. The smallest absolute Gasteiger partial charge is 0.135 e. The van der Waals surface area contributed by atoms with E-state index in [1.807, 2.05) is 11.3 Å². The fourth-order valence-electron chi connectivity index (χ4n) is 7.94. The predicted molar refractivity (Wildman–Crippen MR) is 208 cm³/mol. The van der Waals surface area contributed by atoms with Crippen molar-refractivity contribution in [3.8, 4) is 50.6 Å². The number of nitrogens with zero attached hydrogens (tertiary/aromatic N) is 1. The molecular weight excluding hydrogens is 615 g/mol. The van der Waals surface area contributed by atoms with Crippen molar-refractivity contribution in [1.82, 2.24) is 4.57 Å². The van der Waals surface area contributed by atoms with E-state index in [4.69, 9.17) is 4.74 Å². The molecule has 0 atom stereocenters. The third-order valence-electron chi connectivity index (χ3n) is 10.2. The first-order chi connectivity index (χ1) is 24.3. The minimum absolute atomic E-state index is 0.902. The van der Waals surface area contributed by atoms with E-state index in [-0.39, 0.29) is 0 Å². The Kier molecular flexibility index (Phi) is 5.57. The largest absolute Gasteiger partial charge is 0.456 e. The van der Waals surface area contributed by atoms with Gasteiger partial charge in [0.05, 0.1) is 11.0 Å². The highest BCUT2D eigenvalue weighted by Gasteiger charge is 2.21. The van der Waals surface area contributed by atoms with Crippen LogP contribution in [0.25, 0.3) is 91.8 Å². The van der Waals surface area contributed by atoms with Gasteiger partial charge in [0.25, 0.3) is 0 Å². The lowest BCUT2D eigenvalue weighted by atomic mass is 9.92. The molecule has 0 unspecified atom stereocenters. The summed E-state index contributed by atoms with van der Waals surface area (Å²) in [6.45, 7) is 0. The lowest BCUT2D eigenvalue weighted by Gasteiger charge is -2.22. The molecule has 0 saturated heterocycles. The van der Waals surface area contributed by atoms with Crippen molar-refractivity contribution in [2.45, 2.75) is 0 Å². The maximum absolute atomic E-state index is 6.39. The molecule has 2 nitrogen and oxygen atoms in total. The second-order valence-corrected chi connectivity index (χ2v) is 13.9. The Morgan fingerprint density at radius 3 is 2.04 bits per heavy atom. The zero-order valence-corrected chi connectivity index (χ0v) is 27.2. The maximum Gasteiger partial charge on any atom is 0.135 e. The average Bonchev–Trinajstić information content (AvgIpc) is 3.71. The Bertz CT molecular complexity index is 2960. The molecule has 0 N–H and O–H groups in total. The fraction of sp³-hybridized carbons (Fsp3) is 0. The van der Waals surface area contributed by atoms with Crippen LogP contribution in [0.4, 0.5) is 0 Å². The molecule has 228 valence electrons. The molecule has 0 aliphatic carbocycles. The van der Waals surface area contributed by atoms with E-state index >= 15 is 0 Å². The predicted octanol–water partition coefficient (Wildman–Crippen LogP) is 13.4. The van der Waals surface area contributed by atoms with E-state index < -0.39 is 0 Å². The summed E-state index contributed by atoms with van der Waals surface area (Å²) in [5.41, 5.74) is 10.8. The van der Waals surface area contributed by atoms with Crippen molar-refractivity contribution in [2.75, 3.05) is 0 Å². The van der Waals surface area contributed by atoms with Gasteiger partial charge in [-0.05, 0) is 87.8 Å². The Morgan fingerprint density at radius 1 is 0.429 bits per heavy atom. The summed E-state index contributed by atoms with van der Waals surface area (Å²) in [5, 5.41) is 7.53. The highest BCUT2D eigenvalue weighted by molar-refractivity contribution is 7.26. The highest BCUT2D eigenvalue weighted by Crippen LogP contribution is 2.48. The molecule has 1 aliphatic rings. The second kappa shape index (κ2) is 10.2. The SMILES string of the molecule is c1cc2c3c(cccc3c1)-c1cc(-c3ccc4c(c3)c3ccccc3n4-c3ccc(-c4cccc5c4sc4ccccc45)cc3)ccc1O2. The number of ether oxygens (including phenoxy) is 1. The van der Waals surface area contributed by atoms with Gasteiger partial charge in [-0.1, -0.05) is 109 Å². The molecule has 8 aromatic carbocycles. The quantitative estimate of drug-likeness (QED) is 0.187. The second-order valence-electron chi connectivity index (χ2n) is 12.9. The van der Waals surface area contributed by atoms with Crippen LogP contribution in [-0.2, 0) is 0 Å². The molecule has 11 rings (SSSR count). The van der Waals surface area contributed by atoms with Gasteiger partial charge in [-0.25, -0.2) is 0 Å². The highest BCUT2D eigenvalue weighted by atomic mass is 32.1. The number of rotatable bonds is 3. The Morgan fingerprint density at radius 2 is 1.12 bits per heavy atom. The first-order valence-corrected chi connectivity index (χ1v) is 17.5. The number of thiophene rings is 1. The van der Waals surface area contributed by atoms with Crippen molar-refractivity contribution in [1.29, 1.82) is 0 Å². The third-order valence-corrected chi connectivity index (χ3v) is 11.4. The van der Waals surface area contributed by atoms with E-state index in [0.29, 0.717) is 0 Å². The van der Waals surface area contributed by atoms with Gasteiger partial charge in [0, 0.05) is 47.6 Å². The maximum atomic E-state index is 6.39. The molecule has 10 aromatic rings. The van der Waals surface area contributed by atoms with Gasteiger partial charge in [0.15, 0.2) is 0 Å². The number of fused-ring (bicyclic) bond motifs is 8. The summed E-state index contributed by atoms with van der Waals surface area (Å²) in [6.07, 6.45) is 0. The molecule has 0 spiro atoms. The molecular formula is C46H27NOS. The number of para-hydroxylation sites is 1. The first-order valence-electron chi connectivity index (χ1n) is 16.7. The summed E-state index contributed by atoms with van der Waals surface area (Å²) >= 11 is 1.88. The summed E-state index contributed by atoms with van der Waals surface area (Å²) < 4.78 is 11.5. The van der Waals surface area contributed by atoms with Crippen LogP contribution in [0.5, 0.6) is 11.5 Å². The standard InChI is InChI=1S/C46H27NOS/c1-3-15-40-34(10-1)38-26-30(31-21-25-42-39(27-31)36-13-5-8-29-9-6-16-43(48-42)45(29)36)20-24-41(38)47(40)32-22-18-28(19-23-32)33-12-7-14-37-35-11-2-4-17-44(35)49-46(33)37/h1-27H. The van der Waals surface area contributed by atoms with Crippen molar-refractivity contribution >= 4 is 64.1 Å². The monoisotopic (exact) mass is 641 g/mol. The molecule has 0 saturated carbocycles. The van der Waals surface area contributed by atoms with Crippen LogP contribution in [0.15, 0.2) is 164 Å². The molecule has 3 heterocycles. The lowest BCUT2D eigenvalue weighted by molar-refractivity contribution is 0.487. The number of aromatic nitrogens is 1. The van der Waals surface area contributed by atoms with Crippen molar-refractivity contribution in [2.24, 2.45) is 0 Å². The van der Waals surface area contributed by atoms with Crippen molar-refractivity contribution in [3.05, 3.63) is 164 Å². The molecule has 2 aromatic heterocycles. The minimum Gasteiger partial charge on any atom is -0.456 e. The molecule has 3 heteroatoms. The number of benzene rings is 8. The molecule has 0 radical (unpaired) electrons. The van der Waals surface area contributed by atoms with Gasteiger partial charge in [0.2, 0.25) is 0 Å².